The number of hydrogen-bond acceptors (Lipinski definition) is 7. The second-order valence-electron chi connectivity index (χ2n) is 7.46. The summed E-state index contributed by atoms with van der Waals surface area (Å²) in [5.74, 6) is -2.24. The van der Waals surface area contributed by atoms with Crippen LogP contribution >= 0.6 is 34.8 Å². The Bertz CT molecular complexity index is 1570. The lowest BCUT2D eigenvalue weighted by Crippen LogP contribution is -2.54. The van der Waals surface area contributed by atoms with Gasteiger partial charge in [-0.2, -0.15) is 8.42 Å². The molecule has 1 saturated heterocycles. The van der Waals surface area contributed by atoms with Gasteiger partial charge in [0.2, 0.25) is 5.75 Å². The molecule has 1 heterocycles. The van der Waals surface area contributed by atoms with Crippen LogP contribution in [0.4, 0.5) is 10.5 Å². The van der Waals surface area contributed by atoms with Gasteiger partial charge in [0, 0.05) is 10.0 Å². The molecule has 0 unspecified atom stereocenters. The molecule has 3 aromatic carbocycles. The van der Waals surface area contributed by atoms with Crippen molar-refractivity contribution in [3.05, 3.63) is 86.9 Å². The highest BCUT2D eigenvalue weighted by Gasteiger charge is 2.37. The van der Waals surface area contributed by atoms with Crippen LogP contribution in [-0.2, 0) is 19.7 Å². The fraction of sp³-hybridized carbons (Fsp3) is 0.0417. The molecule has 1 fully saturated rings. The van der Waals surface area contributed by atoms with E-state index in [2.05, 4.69) is 5.32 Å². The maximum absolute atomic E-state index is 13.1. The maximum Gasteiger partial charge on any atom is 0.339 e. The fourth-order valence-electron chi connectivity index (χ4n) is 3.34. The smallest absolute Gasteiger partial charge is 0.339 e. The van der Waals surface area contributed by atoms with Gasteiger partial charge in [-0.25, -0.2) is 9.69 Å². The van der Waals surface area contributed by atoms with Crippen LogP contribution in [0.3, 0.4) is 0 Å². The van der Waals surface area contributed by atoms with E-state index in [9.17, 15) is 22.8 Å². The third-order valence-electron chi connectivity index (χ3n) is 5.03. The van der Waals surface area contributed by atoms with Crippen LogP contribution in [0.15, 0.2) is 71.1 Å². The summed E-state index contributed by atoms with van der Waals surface area (Å²) >= 11 is 18.1. The van der Waals surface area contributed by atoms with Gasteiger partial charge in [-0.15, -0.1) is 0 Å². The summed E-state index contributed by atoms with van der Waals surface area (Å²) in [7, 11) is -3.05. The summed E-state index contributed by atoms with van der Waals surface area (Å²) in [6, 6.07) is 12.9. The molecule has 0 aromatic heterocycles. The number of anilines is 1. The van der Waals surface area contributed by atoms with E-state index in [1.165, 1.54) is 61.7 Å². The highest BCUT2D eigenvalue weighted by atomic mass is 35.5. The molecule has 0 bridgehead atoms. The Hall–Kier alpha value is -3.57. The summed E-state index contributed by atoms with van der Waals surface area (Å²) in [4.78, 5) is 38.5. The standard InChI is InChI=1S/C24H15Cl3N2O7S/c1-35-20-11-13(10-19(27)21(20)36-37(33,34)17-7-5-14(25)6-8-17)9-18-22(30)28-24(32)29(23(18)31)16-4-2-3-15(26)12-16/h2-12H,1H3,(H,28,30,32)/b18-9+. The molecule has 0 aliphatic carbocycles. The van der Waals surface area contributed by atoms with Crippen molar-refractivity contribution in [1.29, 1.82) is 0 Å². The van der Waals surface area contributed by atoms with Crippen molar-refractivity contribution in [3.8, 4) is 11.5 Å². The Morgan fingerprint density at radius 1 is 0.919 bits per heavy atom. The predicted octanol–water partition coefficient (Wildman–Crippen LogP) is 5.09. The highest BCUT2D eigenvalue weighted by Crippen LogP contribution is 2.39. The van der Waals surface area contributed by atoms with Gasteiger partial charge in [0.05, 0.1) is 17.8 Å². The Morgan fingerprint density at radius 2 is 1.62 bits per heavy atom. The summed E-state index contributed by atoms with van der Waals surface area (Å²) in [5, 5.41) is 2.52. The number of imide groups is 2. The van der Waals surface area contributed by atoms with Crippen LogP contribution in [0, 0.1) is 0 Å². The van der Waals surface area contributed by atoms with Crippen molar-refractivity contribution in [3.63, 3.8) is 0 Å². The summed E-state index contributed by atoms with van der Waals surface area (Å²) < 4.78 is 35.9. The normalized spacial score (nSPS) is 15.1. The van der Waals surface area contributed by atoms with Crippen molar-refractivity contribution in [2.45, 2.75) is 4.90 Å². The van der Waals surface area contributed by atoms with E-state index in [4.69, 9.17) is 43.7 Å². The van der Waals surface area contributed by atoms with Crippen LogP contribution < -0.4 is 19.1 Å². The molecule has 4 rings (SSSR count). The Kier molecular flexibility index (Phi) is 7.47. The first kappa shape index (κ1) is 26.5. The predicted molar refractivity (Wildman–Crippen MR) is 138 cm³/mol. The molecule has 1 N–H and O–H groups in total. The van der Waals surface area contributed by atoms with Gasteiger partial charge in [0.15, 0.2) is 5.75 Å². The van der Waals surface area contributed by atoms with Crippen LogP contribution in [0.1, 0.15) is 5.56 Å². The van der Waals surface area contributed by atoms with E-state index in [-0.39, 0.29) is 43.3 Å². The number of rotatable bonds is 6. The number of barbiturate groups is 1. The minimum absolute atomic E-state index is 0.0941. The monoisotopic (exact) mass is 580 g/mol. The molecule has 37 heavy (non-hydrogen) atoms. The lowest BCUT2D eigenvalue weighted by Gasteiger charge is -2.26. The van der Waals surface area contributed by atoms with E-state index < -0.39 is 28.0 Å². The molecule has 9 nitrogen and oxygen atoms in total. The third-order valence-corrected chi connectivity index (χ3v) is 7.03. The van der Waals surface area contributed by atoms with E-state index in [0.29, 0.717) is 5.02 Å². The third kappa shape index (κ3) is 5.57. The summed E-state index contributed by atoms with van der Waals surface area (Å²) in [5.41, 5.74) is -0.0442. The number of amides is 4. The Balaban J connectivity index is 1.70. The molecule has 0 atom stereocenters. The first-order valence-corrected chi connectivity index (χ1v) is 12.8. The zero-order chi connectivity index (χ0) is 26.9. The molecule has 4 amide bonds. The SMILES string of the molecule is COc1cc(/C=C2\C(=O)NC(=O)N(c3cccc(Cl)c3)C2=O)cc(Cl)c1OS(=O)(=O)c1ccc(Cl)cc1. The molecule has 0 saturated carbocycles. The average molecular weight is 582 g/mol. The van der Waals surface area contributed by atoms with Crippen LogP contribution in [-0.4, -0.2) is 33.4 Å². The molecular formula is C24H15Cl3N2O7S. The fourth-order valence-corrected chi connectivity index (χ4v) is 4.91. The van der Waals surface area contributed by atoms with E-state index in [1.54, 1.807) is 12.1 Å². The molecule has 13 heteroatoms. The second kappa shape index (κ2) is 10.4. The molecule has 0 radical (unpaired) electrons. The van der Waals surface area contributed by atoms with Crippen LogP contribution in [0.25, 0.3) is 6.08 Å². The zero-order valence-corrected chi connectivity index (χ0v) is 21.8. The van der Waals surface area contributed by atoms with Gasteiger partial charge in [-0.05, 0) is 66.2 Å². The van der Waals surface area contributed by atoms with Gasteiger partial charge < -0.3 is 8.92 Å². The topological polar surface area (TPSA) is 119 Å². The maximum atomic E-state index is 13.1. The number of hydrogen-bond donors (Lipinski definition) is 1. The molecule has 3 aromatic rings. The van der Waals surface area contributed by atoms with Crippen molar-refractivity contribution >= 4 is 74.5 Å². The van der Waals surface area contributed by atoms with Crippen molar-refractivity contribution in [1.82, 2.24) is 5.32 Å². The molecule has 1 aliphatic heterocycles. The lowest BCUT2D eigenvalue weighted by atomic mass is 10.1. The second-order valence-corrected chi connectivity index (χ2v) is 10.3. The number of halogens is 3. The van der Waals surface area contributed by atoms with Gasteiger partial charge in [-0.3, -0.25) is 14.9 Å². The van der Waals surface area contributed by atoms with E-state index in [0.717, 1.165) is 4.90 Å². The number of ether oxygens (including phenoxy) is 1. The van der Waals surface area contributed by atoms with Gasteiger partial charge in [-0.1, -0.05) is 40.9 Å². The Labute approximate surface area is 226 Å². The van der Waals surface area contributed by atoms with Gasteiger partial charge in [0.25, 0.3) is 11.8 Å². The Morgan fingerprint density at radius 3 is 2.27 bits per heavy atom. The first-order chi connectivity index (χ1) is 17.5. The highest BCUT2D eigenvalue weighted by molar-refractivity contribution is 7.87. The minimum Gasteiger partial charge on any atom is -0.493 e. The number of methoxy groups -OCH3 is 1. The summed E-state index contributed by atoms with van der Waals surface area (Å²) in [6.45, 7) is 0. The number of urea groups is 1. The minimum atomic E-state index is -4.30. The van der Waals surface area contributed by atoms with Crippen LogP contribution in [0.2, 0.25) is 15.1 Å². The van der Waals surface area contributed by atoms with E-state index in [1.807, 2.05) is 0 Å². The number of carbonyl (C=O) groups excluding carboxylic acids is 3. The first-order valence-electron chi connectivity index (χ1n) is 10.2. The zero-order valence-electron chi connectivity index (χ0n) is 18.7. The average Bonchev–Trinajstić information content (AvgIpc) is 2.83. The molecule has 190 valence electrons. The lowest BCUT2D eigenvalue weighted by molar-refractivity contribution is -0.122. The molecule has 1 aliphatic rings. The quantitative estimate of drug-likeness (QED) is 0.245. The number of benzene rings is 3. The number of nitrogens with one attached hydrogen (secondary N) is 1. The van der Waals surface area contributed by atoms with E-state index >= 15 is 0 Å². The van der Waals surface area contributed by atoms with Crippen LogP contribution in [0.5, 0.6) is 11.5 Å². The van der Waals surface area contributed by atoms with Gasteiger partial charge >= 0.3 is 16.1 Å². The van der Waals surface area contributed by atoms with Crippen molar-refractivity contribution in [2.75, 3.05) is 12.0 Å². The molecular weight excluding hydrogens is 567 g/mol. The van der Waals surface area contributed by atoms with Gasteiger partial charge in [0.1, 0.15) is 10.5 Å². The molecule has 0 spiro atoms. The summed E-state index contributed by atoms with van der Waals surface area (Å²) in [6.07, 6.45) is 1.17. The number of nitrogens with zero attached hydrogens (tertiary/aromatic N) is 1. The van der Waals surface area contributed by atoms with Crippen molar-refractivity contribution < 1.29 is 31.7 Å². The van der Waals surface area contributed by atoms with Crippen molar-refractivity contribution in [2.24, 2.45) is 0 Å². The number of carbonyl (C=O) groups is 3. The largest absolute Gasteiger partial charge is 0.493 e.